The van der Waals surface area contributed by atoms with Gasteiger partial charge in [-0.25, -0.2) is 15.0 Å². The molecule has 4 heteroatoms. The van der Waals surface area contributed by atoms with Crippen molar-refractivity contribution in [2.45, 2.75) is 0 Å². The van der Waals surface area contributed by atoms with Crippen LogP contribution in [0.15, 0.2) is 218 Å². The van der Waals surface area contributed by atoms with Crippen molar-refractivity contribution in [1.29, 1.82) is 0 Å². The Hall–Kier alpha value is -8.21. The van der Waals surface area contributed by atoms with Gasteiger partial charge in [0.1, 0.15) is 0 Å². The van der Waals surface area contributed by atoms with Crippen molar-refractivity contribution < 1.29 is 0 Å². The van der Waals surface area contributed by atoms with Crippen LogP contribution in [0, 0.1) is 0 Å². The fraction of sp³-hybridized carbons (Fsp3) is 0. The molecule has 2 heterocycles. The highest BCUT2D eigenvalue weighted by atomic mass is 15.0. The van der Waals surface area contributed by atoms with Gasteiger partial charge in [-0.2, -0.15) is 0 Å². The van der Waals surface area contributed by atoms with E-state index in [0.717, 1.165) is 38.8 Å². The number of fused-ring (bicyclic) bond motifs is 9. The summed E-state index contributed by atoms with van der Waals surface area (Å²) in [4.78, 5) is 15.3. The predicted molar refractivity (Wildman–Crippen MR) is 254 cm³/mol. The Morgan fingerprint density at radius 1 is 0.246 bits per heavy atom. The molecule has 0 aliphatic heterocycles. The molecule has 0 amide bonds. The van der Waals surface area contributed by atoms with Crippen molar-refractivity contribution in [1.82, 2.24) is 19.5 Å². The van der Waals surface area contributed by atoms with Crippen LogP contribution < -0.4 is 0 Å². The van der Waals surface area contributed by atoms with E-state index in [0.29, 0.717) is 17.5 Å². The molecule has 0 radical (unpaired) electrons. The molecule has 0 saturated heterocycles. The second-order valence-electron chi connectivity index (χ2n) is 15.6. The highest BCUT2D eigenvalue weighted by Crippen LogP contribution is 2.43. The van der Waals surface area contributed by atoms with Crippen LogP contribution in [0.4, 0.5) is 0 Å². The third-order valence-electron chi connectivity index (χ3n) is 12.0. The molecule has 10 aromatic carbocycles. The average molecular weight is 777 g/mol. The van der Waals surface area contributed by atoms with Crippen LogP contribution in [-0.2, 0) is 0 Å². The molecule has 0 unspecified atom stereocenters. The molecule has 12 aromatic rings. The van der Waals surface area contributed by atoms with Crippen LogP contribution >= 0.6 is 0 Å². The Morgan fingerprint density at radius 3 is 1.16 bits per heavy atom. The lowest BCUT2D eigenvalue weighted by Crippen LogP contribution is -2.00. The topological polar surface area (TPSA) is 43.6 Å². The van der Waals surface area contributed by atoms with Crippen molar-refractivity contribution in [3.63, 3.8) is 0 Å². The lowest BCUT2D eigenvalue weighted by Gasteiger charge is -2.17. The van der Waals surface area contributed by atoms with Crippen LogP contribution in [0.5, 0.6) is 0 Å². The van der Waals surface area contributed by atoms with Gasteiger partial charge in [0, 0.05) is 32.8 Å². The fourth-order valence-electron chi connectivity index (χ4n) is 9.15. The highest BCUT2D eigenvalue weighted by Gasteiger charge is 2.20. The standard InChI is InChI=1S/C57H36N4/c1-5-16-37(17-6-1)41-28-32-47-48-33-29-42(38-18-7-2-8-19-38)36-53(48)61(52(47)35-41)51-27-15-26-49-45-25-14-13-24-44(45)46-31-30-43(34-50(46)54(49)51)57-59-55(39-20-9-3-10-21-39)58-56(60-57)40-22-11-4-12-23-40/h1-36H. The summed E-state index contributed by atoms with van der Waals surface area (Å²) in [5.74, 6) is 1.91. The molecule has 2 aromatic heterocycles. The first kappa shape index (κ1) is 34.8. The first-order chi connectivity index (χ1) is 30.2. The van der Waals surface area contributed by atoms with Crippen molar-refractivity contribution in [2.24, 2.45) is 0 Å². The zero-order valence-corrected chi connectivity index (χ0v) is 33.1. The molecule has 0 spiro atoms. The van der Waals surface area contributed by atoms with Gasteiger partial charge in [-0.1, -0.05) is 194 Å². The Kier molecular flexibility index (Phi) is 8.13. The molecule has 0 atom stereocenters. The van der Waals surface area contributed by atoms with Crippen LogP contribution in [0.1, 0.15) is 0 Å². The van der Waals surface area contributed by atoms with E-state index in [1.807, 2.05) is 36.4 Å². The lowest BCUT2D eigenvalue weighted by molar-refractivity contribution is 1.07. The summed E-state index contributed by atoms with van der Waals surface area (Å²) in [5.41, 5.74) is 11.0. The first-order valence-electron chi connectivity index (χ1n) is 20.7. The molecule has 4 nitrogen and oxygen atoms in total. The number of benzene rings is 10. The molecule has 0 saturated carbocycles. The summed E-state index contributed by atoms with van der Waals surface area (Å²) < 4.78 is 2.50. The third kappa shape index (κ3) is 5.88. The SMILES string of the molecule is c1ccc(-c2ccc3c4ccc(-c5ccccc5)cc4n(-c4cccc5c6ccccc6c6ccc(-c7nc(-c8ccccc8)nc(-c8ccccc8)n7)cc6c45)c3c2)cc1. The van der Waals surface area contributed by atoms with Gasteiger partial charge >= 0.3 is 0 Å². The Labute approximate surface area is 352 Å². The number of hydrogen-bond acceptors (Lipinski definition) is 3. The van der Waals surface area contributed by atoms with E-state index < -0.39 is 0 Å². The molecule has 12 rings (SSSR count). The fourth-order valence-corrected chi connectivity index (χ4v) is 9.15. The Bertz CT molecular complexity index is 3460. The van der Waals surface area contributed by atoms with E-state index in [9.17, 15) is 0 Å². The number of rotatable bonds is 6. The minimum atomic E-state index is 0.630. The second kappa shape index (κ2) is 14.3. The monoisotopic (exact) mass is 776 g/mol. The minimum Gasteiger partial charge on any atom is -0.309 e. The number of aromatic nitrogens is 4. The predicted octanol–water partition coefficient (Wildman–Crippen LogP) is 14.8. The Morgan fingerprint density at radius 2 is 0.639 bits per heavy atom. The summed E-state index contributed by atoms with van der Waals surface area (Å²) in [7, 11) is 0. The van der Waals surface area contributed by atoms with Gasteiger partial charge in [0.2, 0.25) is 0 Å². The van der Waals surface area contributed by atoms with Gasteiger partial charge in [0.25, 0.3) is 0 Å². The molecule has 0 aliphatic carbocycles. The lowest BCUT2D eigenvalue weighted by atomic mass is 9.92. The summed E-state index contributed by atoms with van der Waals surface area (Å²) in [5, 5.41) is 9.53. The largest absolute Gasteiger partial charge is 0.309 e. The zero-order chi connectivity index (χ0) is 40.3. The van der Waals surface area contributed by atoms with Crippen LogP contribution in [0.25, 0.3) is 116 Å². The van der Waals surface area contributed by atoms with Gasteiger partial charge in [0.05, 0.1) is 16.7 Å². The van der Waals surface area contributed by atoms with Gasteiger partial charge in [0.15, 0.2) is 17.5 Å². The quantitative estimate of drug-likeness (QED) is 0.158. The van der Waals surface area contributed by atoms with Crippen molar-refractivity contribution >= 4 is 54.1 Å². The van der Waals surface area contributed by atoms with Crippen LogP contribution in [0.3, 0.4) is 0 Å². The molecule has 61 heavy (non-hydrogen) atoms. The smallest absolute Gasteiger partial charge is 0.164 e. The van der Waals surface area contributed by atoms with Crippen LogP contribution in [0.2, 0.25) is 0 Å². The summed E-state index contributed by atoms with van der Waals surface area (Å²) in [6.07, 6.45) is 0. The van der Waals surface area contributed by atoms with E-state index >= 15 is 0 Å². The second-order valence-corrected chi connectivity index (χ2v) is 15.6. The van der Waals surface area contributed by atoms with E-state index in [2.05, 4.69) is 187 Å². The maximum atomic E-state index is 5.15. The maximum absolute atomic E-state index is 5.15. The Balaban J connectivity index is 1.18. The van der Waals surface area contributed by atoms with E-state index in [1.54, 1.807) is 0 Å². The molecule has 284 valence electrons. The zero-order valence-electron chi connectivity index (χ0n) is 33.1. The first-order valence-corrected chi connectivity index (χ1v) is 20.7. The third-order valence-corrected chi connectivity index (χ3v) is 12.0. The van der Waals surface area contributed by atoms with Crippen molar-refractivity contribution in [3.8, 4) is 62.1 Å². The minimum absolute atomic E-state index is 0.630. The number of hydrogen-bond donors (Lipinski definition) is 0. The molecule has 0 bridgehead atoms. The summed E-state index contributed by atoms with van der Waals surface area (Å²) >= 11 is 0. The molecule has 0 aliphatic rings. The van der Waals surface area contributed by atoms with Gasteiger partial charge in [-0.3, -0.25) is 0 Å². The normalized spacial score (nSPS) is 11.6. The summed E-state index contributed by atoms with van der Waals surface area (Å²) in [6.45, 7) is 0. The molecular formula is C57H36N4. The van der Waals surface area contributed by atoms with E-state index in [4.69, 9.17) is 15.0 Å². The van der Waals surface area contributed by atoms with Gasteiger partial charge in [-0.05, 0) is 73.5 Å². The highest BCUT2D eigenvalue weighted by molar-refractivity contribution is 6.28. The van der Waals surface area contributed by atoms with Crippen molar-refractivity contribution in [2.75, 3.05) is 0 Å². The average Bonchev–Trinajstić information content (AvgIpc) is 3.67. The maximum Gasteiger partial charge on any atom is 0.164 e. The van der Waals surface area contributed by atoms with Gasteiger partial charge < -0.3 is 4.57 Å². The van der Waals surface area contributed by atoms with Crippen LogP contribution in [-0.4, -0.2) is 19.5 Å². The van der Waals surface area contributed by atoms with E-state index in [1.165, 1.54) is 60.0 Å². The van der Waals surface area contributed by atoms with E-state index in [-0.39, 0.29) is 0 Å². The molecule has 0 N–H and O–H groups in total. The molecular weight excluding hydrogens is 741 g/mol. The summed E-state index contributed by atoms with van der Waals surface area (Å²) in [6, 6.07) is 77.8. The van der Waals surface area contributed by atoms with Crippen molar-refractivity contribution in [3.05, 3.63) is 218 Å². The van der Waals surface area contributed by atoms with Gasteiger partial charge in [-0.15, -0.1) is 0 Å². The number of nitrogens with zero attached hydrogens (tertiary/aromatic N) is 4. The molecule has 0 fully saturated rings.